The zero-order valence-corrected chi connectivity index (χ0v) is 14.9. The smallest absolute Gasteiger partial charge is 0.254 e. The van der Waals surface area contributed by atoms with Crippen molar-refractivity contribution in [2.75, 3.05) is 25.6 Å². The average Bonchev–Trinajstić information content (AvgIpc) is 3.07. The van der Waals surface area contributed by atoms with Gasteiger partial charge in [-0.2, -0.15) is 5.10 Å². The van der Waals surface area contributed by atoms with Crippen molar-refractivity contribution in [2.45, 2.75) is 18.5 Å². The van der Waals surface area contributed by atoms with Crippen LogP contribution in [0, 0.1) is 6.57 Å². The number of nitrogens with two attached hydrogens (primary N) is 1. The normalized spacial score (nSPS) is 19.6. The second-order valence-electron chi connectivity index (χ2n) is 5.84. The van der Waals surface area contributed by atoms with Gasteiger partial charge >= 0.3 is 0 Å². The summed E-state index contributed by atoms with van der Waals surface area (Å²) in [5, 5.41) is 7.96. The summed E-state index contributed by atoms with van der Waals surface area (Å²) in [5.41, 5.74) is 6.36. The quantitative estimate of drug-likeness (QED) is 0.783. The third kappa shape index (κ3) is 3.59. The molecule has 1 aromatic carbocycles. The Balaban J connectivity index is 1.93. The fraction of sp³-hybridized carbons (Fsp3) is 0.353. The van der Waals surface area contributed by atoms with E-state index in [2.05, 4.69) is 15.3 Å². The molecule has 0 saturated carbocycles. The van der Waals surface area contributed by atoms with Crippen molar-refractivity contribution in [3.8, 4) is 5.75 Å². The third-order valence-electron chi connectivity index (χ3n) is 4.21. The Kier molecular flexibility index (Phi) is 5.30. The van der Waals surface area contributed by atoms with E-state index in [0.29, 0.717) is 41.9 Å². The largest absolute Gasteiger partial charge is 0.495 e. The van der Waals surface area contributed by atoms with Crippen molar-refractivity contribution < 1.29 is 14.3 Å². The second-order valence-corrected chi connectivity index (χ2v) is 6.24. The number of hydrogen-bond acceptors (Lipinski definition) is 5. The molecule has 9 heteroatoms. The van der Waals surface area contributed by atoms with E-state index in [0.717, 1.165) is 0 Å². The number of halogens is 1. The fourth-order valence-electron chi connectivity index (χ4n) is 2.82. The first kappa shape index (κ1) is 18.0. The van der Waals surface area contributed by atoms with Crippen LogP contribution in [0.5, 0.6) is 5.75 Å². The van der Waals surface area contributed by atoms with Gasteiger partial charge in [-0.3, -0.25) is 9.48 Å². The number of carbonyl (C=O) groups is 1. The lowest BCUT2D eigenvalue weighted by Crippen LogP contribution is -2.32. The Labute approximate surface area is 155 Å². The molecule has 2 aromatic rings. The monoisotopic (exact) mass is 375 g/mol. The molecule has 2 heterocycles. The molecule has 1 aliphatic heterocycles. The van der Waals surface area contributed by atoms with Crippen molar-refractivity contribution in [2.24, 2.45) is 5.73 Å². The van der Waals surface area contributed by atoms with Crippen molar-refractivity contribution in [1.82, 2.24) is 9.78 Å². The number of ether oxygens (including phenoxy) is 2. The molecule has 136 valence electrons. The van der Waals surface area contributed by atoms with Crippen LogP contribution in [0.15, 0.2) is 24.4 Å². The topological polar surface area (TPSA) is 95.8 Å². The number of anilines is 2. The van der Waals surface area contributed by atoms with Crippen molar-refractivity contribution >= 4 is 29.0 Å². The molecule has 1 fully saturated rings. The first-order valence-corrected chi connectivity index (χ1v) is 8.35. The van der Waals surface area contributed by atoms with E-state index >= 15 is 0 Å². The Morgan fingerprint density at radius 2 is 2.38 bits per heavy atom. The summed E-state index contributed by atoms with van der Waals surface area (Å²) in [4.78, 5) is 15.5. The van der Waals surface area contributed by atoms with Gasteiger partial charge in [-0.15, -0.1) is 0 Å². The zero-order valence-electron chi connectivity index (χ0n) is 14.1. The van der Waals surface area contributed by atoms with Gasteiger partial charge in [0.2, 0.25) is 6.04 Å². The van der Waals surface area contributed by atoms with E-state index in [1.165, 1.54) is 7.11 Å². The fourth-order valence-corrected chi connectivity index (χ4v) is 3.02. The lowest BCUT2D eigenvalue weighted by atomic mass is 10.1. The minimum absolute atomic E-state index is 0.230. The highest BCUT2D eigenvalue weighted by Crippen LogP contribution is 2.30. The predicted molar refractivity (Wildman–Crippen MR) is 96.9 cm³/mol. The van der Waals surface area contributed by atoms with E-state index in [4.69, 9.17) is 33.4 Å². The molecule has 0 unspecified atom stereocenters. The average molecular weight is 376 g/mol. The van der Waals surface area contributed by atoms with E-state index in [1.54, 1.807) is 29.1 Å². The maximum absolute atomic E-state index is 11.8. The predicted octanol–water partition coefficient (Wildman–Crippen LogP) is 2.64. The Morgan fingerprint density at radius 3 is 3.08 bits per heavy atom. The molecule has 3 N–H and O–H groups in total. The van der Waals surface area contributed by atoms with E-state index in [9.17, 15) is 4.79 Å². The van der Waals surface area contributed by atoms with Gasteiger partial charge in [-0.25, -0.2) is 6.57 Å². The van der Waals surface area contributed by atoms with Gasteiger partial charge in [0.1, 0.15) is 17.4 Å². The van der Waals surface area contributed by atoms with Gasteiger partial charge in [0.15, 0.2) is 5.82 Å². The van der Waals surface area contributed by atoms with Crippen molar-refractivity contribution in [3.05, 3.63) is 46.4 Å². The van der Waals surface area contributed by atoms with Crippen LogP contribution in [0.25, 0.3) is 4.85 Å². The van der Waals surface area contributed by atoms with Crippen molar-refractivity contribution in [3.63, 3.8) is 0 Å². The molecule has 8 nitrogen and oxygen atoms in total. The summed E-state index contributed by atoms with van der Waals surface area (Å²) >= 11 is 6.03. The molecule has 3 rings (SSSR count). The summed E-state index contributed by atoms with van der Waals surface area (Å²) < 4.78 is 12.2. The summed E-state index contributed by atoms with van der Waals surface area (Å²) in [6.45, 7) is 8.27. The molecule has 1 saturated heterocycles. The van der Waals surface area contributed by atoms with E-state index in [-0.39, 0.29) is 17.6 Å². The van der Waals surface area contributed by atoms with E-state index in [1.807, 2.05) is 0 Å². The highest BCUT2D eigenvalue weighted by molar-refractivity contribution is 6.32. The minimum atomic E-state index is -0.615. The zero-order chi connectivity index (χ0) is 18.7. The highest BCUT2D eigenvalue weighted by Gasteiger charge is 2.33. The number of primary amides is 1. The van der Waals surface area contributed by atoms with Crippen LogP contribution in [0.3, 0.4) is 0 Å². The maximum atomic E-state index is 11.8. The molecule has 1 aliphatic rings. The summed E-state index contributed by atoms with van der Waals surface area (Å²) in [6, 6.07) is 4.58. The van der Waals surface area contributed by atoms with Crippen LogP contribution in [-0.4, -0.2) is 42.1 Å². The van der Waals surface area contributed by atoms with Crippen LogP contribution in [0.1, 0.15) is 22.8 Å². The summed E-state index contributed by atoms with van der Waals surface area (Å²) in [6.07, 6.45) is 2.17. The molecule has 1 aromatic heterocycles. The van der Waals surface area contributed by atoms with Gasteiger partial charge < -0.3 is 25.4 Å². The maximum Gasteiger partial charge on any atom is 0.254 e. The lowest BCUT2D eigenvalue weighted by Gasteiger charge is -2.23. The number of hydrogen-bond donors (Lipinski definition) is 2. The van der Waals surface area contributed by atoms with Gasteiger partial charge in [-0.1, -0.05) is 11.6 Å². The standard InChI is InChI=1S/C17H18ClN5O3/c1-20-13-5-6-26-9-14(13)23-8-11(16(19)24)17(22-23)21-10-3-4-12(18)15(7-10)25-2/h3-4,7-8,13-14H,5-6,9H2,2H3,(H2,19,24)(H,21,22)/t13-,14-/m0/s1. The molecule has 0 aliphatic carbocycles. The van der Waals surface area contributed by atoms with Crippen LogP contribution in [0.4, 0.5) is 11.5 Å². The number of amides is 1. The van der Waals surface area contributed by atoms with Gasteiger partial charge in [0, 0.05) is 24.4 Å². The molecule has 1 amide bonds. The lowest BCUT2D eigenvalue weighted by molar-refractivity contribution is 0.0506. The number of methoxy groups -OCH3 is 1. The van der Waals surface area contributed by atoms with Gasteiger partial charge in [0.05, 0.1) is 25.3 Å². The highest BCUT2D eigenvalue weighted by atomic mass is 35.5. The van der Waals surface area contributed by atoms with Gasteiger partial charge in [0.25, 0.3) is 5.91 Å². The molecule has 0 bridgehead atoms. The minimum Gasteiger partial charge on any atom is -0.495 e. The van der Waals surface area contributed by atoms with Gasteiger partial charge in [-0.05, 0) is 12.1 Å². The molecule has 0 spiro atoms. The number of rotatable bonds is 5. The number of nitrogens with one attached hydrogen (secondary N) is 1. The SMILES string of the molecule is [C-]#[N+][C@H]1CCOC[C@@H]1n1cc(C(N)=O)c(Nc2ccc(Cl)c(OC)c2)n1. The summed E-state index contributed by atoms with van der Waals surface area (Å²) in [5.74, 6) is 0.178. The molecule has 26 heavy (non-hydrogen) atoms. The third-order valence-corrected chi connectivity index (χ3v) is 4.52. The Hall–Kier alpha value is -2.76. The summed E-state index contributed by atoms with van der Waals surface area (Å²) in [7, 11) is 1.52. The second kappa shape index (κ2) is 7.64. The van der Waals surface area contributed by atoms with Crippen molar-refractivity contribution in [1.29, 1.82) is 0 Å². The first-order chi connectivity index (χ1) is 12.5. The number of benzene rings is 1. The van der Waals surface area contributed by atoms with Crippen LogP contribution >= 0.6 is 11.6 Å². The number of aromatic nitrogens is 2. The number of carbonyl (C=O) groups excluding carboxylic acids is 1. The molecular formula is C17H18ClN5O3. The molecule has 2 atom stereocenters. The van der Waals surface area contributed by atoms with Crippen LogP contribution in [0.2, 0.25) is 5.02 Å². The number of nitrogens with zero attached hydrogens (tertiary/aromatic N) is 3. The Bertz CT molecular complexity index is 861. The van der Waals surface area contributed by atoms with E-state index < -0.39 is 5.91 Å². The van der Waals surface area contributed by atoms with Crippen LogP contribution in [-0.2, 0) is 4.74 Å². The van der Waals surface area contributed by atoms with Crippen LogP contribution < -0.4 is 15.8 Å². The Morgan fingerprint density at radius 1 is 1.58 bits per heavy atom. The first-order valence-electron chi connectivity index (χ1n) is 7.97. The molecule has 0 radical (unpaired) electrons. The molecular weight excluding hydrogens is 358 g/mol.